The van der Waals surface area contributed by atoms with Crippen LogP contribution in [0.5, 0.6) is 11.6 Å². The summed E-state index contributed by atoms with van der Waals surface area (Å²) in [5.41, 5.74) is 0.405. The van der Waals surface area contributed by atoms with E-state index >= 15 is 0 Å². The highest BCUT2D eigenvalue weighted by molar-refractivity contribution is 7.89. The maximum Gasteiger partial charge on any atom is 0.345 e. The van der Waals surface area contributed by atoms with Gasteiger partial charge in [-0.1, -0.05) is 11.6 Å². The molecule has 0 spiro atoms. The molecule has 0 aliphatic carbocycles. The Morgan fingerprint density at radius 1 is 1.31 bits per heavy atom. The van der Waals surface area contributed by atoms with E-state index in [9.17, 15) is 17.2 Å². The molecule has 0 aliphatic rings. The predicted molar refractivity (Wildman–Crippen MR) is 99.3 cm³/mol. The molecule has 9 nitrogen and oxygen atoms in total. The zero-order chi connectivity index (χ0) is 21.2. The van der Waals surface area contributed by atoms with E-state index in [1.807, 2.05) is 0 Å². The van der Waals surface area contributed by atoms with Crippen LogP contribution in [0, 0.1) is 0 Å². The van der Waals surface area contributed by atoms with Crippen molar-refractivity contribution in [1.82, 2.24) is 14.5 Å². The molecule has 0 unspecified atom stereocenters. The fourth-order valence-electron chi connectivity index (χ4n) is 2.56. The zero-order valence-electron chi connectivity index (χ0n) is 14.9. The quantitative estimate of drug-likeness (QED) is 0.525. The number of benzene rings is 1. The summed E-state index contributed by atoms with van der Waals surface area (Å²) in [4.78, 5) is 8.18. The molecule has 2 heterocycles. The second-order valence-electron chi connectivity index (χ2n) is 5.59. The van der Waals surface area contributed by atoms with Gasteiger partial charge in [0.1, 0.15) is 11.5 Å². The molecule has 29 heavy (non-hydrogen) atoms. The van der Waals surface area contributed by atoms with Gasteiger partial charge in [-0.15, -0.1) is 0 Å². The van der Waals surface area contributed by atoms with E-state index in [2.05, 4.69) is 14.7 Å². The van der Waals surface area contributed by atoms with Crippen molar-refractivity contribution in [2.24, 2.45) is 5.14 Å². The number of primary sulfonamides is 1. The van der Waals surface area contributed by atoms with Crippen molar-refractivity contribution in [3.8, 4) is 17.6 Å². The maximum absolute atomic E-state index is 12.0. The van der Waals surface area contributed by atoms with Gasteiger partial charge in [-0.2, -0.15) is 13.8 Å². The van der Waals surface area contributed by atoms with Crippen molar-refractivity contribution in [3.63, 3.8) is 0 Å². The van der Waals surface area contributed by atoms with Crippen molar-refractivity contribution >= 4 is 32.5 Å². The van der Waals surface area contributed by atoms with Crippen LogP contribution in [0.1, 0.15) is 0 Å². The van der Waals surface area contributed by atoms with E-state index in [0.29, 0.717) is 15.9 Å². The first kappa shape index (κ1) is 21.2. The molecule has 0 bridgehead atoms. The van der Waals surface area contributed by atoms with Gasteiger partial charge >= 0.3 is 6.61 Å². The molecule has 1 aromatic carbocycles. The topological polar surface area (TPSA) is 119 Å². The summed E-state index contributed by atoms with van der Waals surface area (Å²) >= 11 is 6.03. The van der Waals surface area contributed by atoms with Crippen LogP contribution in [0.3, 0.4) is 0 Å². The van der Waals surface area contributed by atoms with E-state index in [0.717, 1.165) is 0 Å². The van der Waals surface area contributed by atoms with Gasteiger partial charge in [0.25, 0.3) is 5.88 Å². The predicted octanol–water partition coefficient (Wildman–Crippen LogP) is 2.35. The molecule has 3 aromatic rings. The number of ether oxygens (including phenoxy) is 3. The first-order valence-electron chi connectivity index (χ1n) is 7.98. The smallest absolute Gasteiger partial charge is 0.345 e. The monoisotopic (exact) mass is 448 g/mol. The van der Waals surface area contributed by atoms with Crippen LogP contribution in [0.2, 0.25) is 5.02 Å². The van der Waals surface area contributed by atoms with Gasteiger partial charge in [-0.3, -0.25) is 4.57 Å². The second-order valence-corrected chi connectivity index (χ2v) is 7.56. The lowest BCUT2D eigenvalue weighted by atomic mass is 10.2. The van der Waals surface area contributed by atoms with Crippen LogP contribution < -0.4 is 14.6 Å². The molecule has 156 valence electrons. The summed E-state index contributed by atoms with van der Waals surface area (Å²) in [7, 11) is -2.70. The molecular formula is C16H15ClF2N4O5S. The Bertz CT molecular complexity index is 1140. The van der Waals surface area contributed by atoms with Gasteiger partial charge in [0.05, 0.1) is 25.4 Å². The van der Waals surface area contributed by atoms with Crippen molar-refractivity contribution in [2.45, 2.75) is 11.5 Å². The summed E-state index contributed by atoms with van der Waals surface area (Å²) in [6.07, 6.45) is 2.53. The van der Waals surface area contributed by atoms with Crippen molar-refractivity contribution in [1.29, 1.82) is 0 Å². The minimum absolute atomic E-state index is 0.00748. The van der Waals surface area contributed by atoms with Crippen LogP contribution in [-0.4, -0.2) is 49.9 Å². The number of nitrogens with zero attached hydrogens (tertiary/aromatic N) is 3. The highest BCUT2D eigenvalue weighted by Crippen LogP contribution is 2.31. The third-order valence-electron chi connectivity index (χ3n) is 3.74. The fraction of sp³-hybridized carbons (Fsp3) is 0.250. The number of aromatic nitrogens is 3. The number of methoxy groups -OCH3 is 1. The summed E-state index contributed by atoms with van der Waals surface area (Å²) < 4.78 is 63.8. The molecule has 2 aromatic heterocycles. The van der Waals surface area contributed by atoms with Gasteiger partial charge in [0, 0.05) is 16.6 Å². The number of halogens is 3. The van der Waals surface area contributed by atoms with Crippen molar-refractivity contribution in [3.05, 3.63) is 35.6 Å². The number of hydrogen-bond acceptors (Lipinski definition) is 7. The second kappa shape index (κ2) is 8.45. The Morgan fingerprint density at radius 2 is 2.07 bits per heavy atom. The minimum atomic E-state index is -4.03. The molecule has 0 saturated carbocycles. The van der Waals surface area contributed by atoms with Gasteiger partial charge in [-0.25, -0.2) is 18.5 Å². The molecule has 0 amide bonds. The van der Waals surface area contributed by atoms with E-state index in [1.54, 1.807) is 0 Å². The summed E-state index contributed by atoms with van der Waals surface area (Å²) in [5.74, 6) is 0.156. The number of sulfonamides is 1. The van der Waals surface area contributed by atoms with E-state index in [1.165, 1.54) is 42.3 Å². The average Bonchev–Trinajstić information content (AvgIpc) is 3.04. The molecule has 0 aliphatic heterocycles. The molecule has 0 atom stereocenters. The van der Waals surface area contributed by atoms with Gasteiger partial charge < -0.3 is 14.2 Å². The average molecular weight is 449 g/mol. The van der Waals surface area contributed by atoms with Gasteiger partial charge in [-0.05, 0) is 18.2 Å². The Kier molecular flexibility index (Phi) is 6.17. The molecule has 0 fully saturated rings. The number of fused-ring (bicyclic) bond motifs is 1. The Hall–Kier alpha value is -2.54. The fourth-order valence-corrected chi connectivity index (χ4v) is 3.46. The SMILES string of the molecule is COc1nc(-n2cc(S(N)(=O)=O)c3ccc(Cl)cc32)ncc1OCCOC(F)F. The molecule has 2 N–H and O–H groups in total. The summed E-state index contributed by atoms with van der Waals surface area (Å²) in [5, 5.41) is 6.00. The number of rotatable bonds is 8. The maximum atomic E-state index is 12.0. The highest BCUT2D eigenvalue weighted by atomic mass is 35.5. The number of nitrogens with two attached hydrogens (primary N) is 1. The van der Waals surface area contributed by atoms with E-state index in [-0.39, 0.29) is 35.7 Å². The number of alkyl halides is 2. The first-order valence-corrected chi connectivity index (χ1v) is 9.90. The largest absolute Gasteiger partial charge is 0.484 e. The van der Waals surface area contributed by atoms with Crippen LogP contribution in [0.4, 0.5) is 8.78 Å². The lowest BCUT2D eigenvalue weighted by Gasteiger charge is -2.11. The van der Waals surface area contributed by atoms with E-state index < -0.39 is 16.6 Å². The normalized spacial score (nSPS) is 11.9. The highest BCUT2D eigenvalue weighted by Gasteiger charge is 2.20. The first-order chi connectivity index (χ1) is 13.7. The van der Waals surface area contributed by atoms with Gasteiger partial charge in [0.2, 0.25) is 16.0 Å². The van der Waals surface area contributed by atoms with E-state index in [4.69, 9.17) is 26.2 Å². The molecule has 13 heteroatoms. The van der Waals surface area contributed by atoms with Crippen LogP contribution in [-0.2, 0) is 14.8 Å². The zero-order valence-corrected chi connectivity index (χ0v) is 16.5. The molecule has 0 radical (unpaired) electrons. The molecule has 0 saturated heterocycles. The van der Waals surface area contributed by atoms with Crippen LogP contribution in [0.15, 0.2) is 35.5 Å². The van der Waals surface area contributed by atoms with Crippen LogP contribution >= 0.6 is 11.6 Å². The lowest BCUT2D eigenvalue weighted by molar-refractivity contribution is -0.133. The Balaban J connectivity index is 2.00. The van der Waals surface area contributed by atoms with Crippen molar-refractivity contribution < 1.29 is 31.4 Å². The molecule has 3 rings (SSSR count). The van der Waals surface area contributed by atoms with Crippen LogP contribution in [0.25, 0.3) is 16.9 Å². The Morgan fingerprint density at radius 3 is 2.72 bits per heavy atom. The van der Waals surface area contributed by atoms with Crippen molar-refractivity contribution in [2.75, 3.05) is 20.3 Å². The molecular weight excluding hydrogens is 434 g/mol. The summed E-state index contributed by atoms with van der Waals surface area (Å²) in [6.45, 7) is -3.43. The van der Waals surface area contributed by atoms with Gasteiger partial charge in [0.15, 0.2) is 5.75 Å². The standard InChI is InChI=1S/C16H15ClF2N4O5S/c1-26-14-12(27-4-5-28-15(18)19)7-21-16(22-14)23-8-13(29(20,24)25)10-3-2-9(17)6-11(10)23/h2-3,6-8,15H,4-5H2,1H3,(H2,20,24,25). The minimum Gasteiger partial charge on any atom is -0.484 e. The lowest BCUT2D eigenvalue weighted by Crippen LogP contribution is -2.12. The third kappa shape index (κ3) is 4.72. The Labute approximate surface area is 169 Å². The number of hydrogen-bond donors (Lipinski definition) is 1. The third-order valence-corrected chi connectivity index (χ3v) is 4.91. The summed E-state index contributed by atoms with van der Waals surface area (Å²) in [6, 6.07) is 4.59.